The fourth-order valence-electron chi connectivity index (χ4n) is 3.56. The summed E-state index contributed by atoms with van der Waals surface area (Å²) in [5, 5.41) is 2.59. The molecule has 0 bridgehead atoms. The number of hydrogen-bond donors (Lipinski definition) is 1. The maximum Gasteiger partial charge on any atom is 0.328 e. The minimum atomic E-state index is -0.812. The number of carbonyl (C=O) groups excluding carboxylic acids is 3. The molecule has 0 radical (unpaired) electrons. The zero-order valence-corrected chi connectivity index (χ0v) is 16.6. The van der Waals surface area contributed by atoms with Gasteiger partial charge in [0.25, 0.3) is 5.91 Å². The van der Waals surface area contributed by atoms with Gasteiger partial charge in [-0.1, -0.05) is 60.7 Å². The molecule has 1 saturated heterocycles. The van der Waals surface area contributed by atoms with Gasteiger partial charge in [-0.3, -0.25) is 14.5 Å². The lowest BCUT2D eigenvalue weighted by Gasteiger charge is -2.22. The van der Waals surface area contributed by atoms with E-state index in [9.17, 15) is 18.8 Å². The number of nitrogens with one attached hydrogen (secondary N) is 1. The molecule has 1 heterocycles. The first-order chi connectivity index (χ1) is 15.0. The van der Waals surface area contributed by atoms with E-state index in [0.717, 1.165) is 10.5 Å². The third-order valence-electron chi connectivity index (χ3n) is 5.03. The van der Waals surface area contributed by atoms with E-state index >= 15 is 0 Å². The van der Waals surface area contributed by atoms with Crippen molar-refractivity contribution in [2.45, 2.75) is 12.6 Å². The van der Waals surface area contributed by atoms with Crippen LogP contribution in [0.4, 0.5) is 14.9 Å². The number of rotatable bonds is 6. The monoisotopic (exact) mass is 417 g/mol. The second-order valence-corrected chi connectivity index (χ2v) is 7.19. The van der Waals surface area contributed by atoms with E-state index < -0.39 is 36.2 Å². The lowest BCUT2D eigenvalue weighted by Crippen LogP contribution is -2.38. The number of imide groups is 1. The molecule has 6 nitrogen and oxygen atoms in total. The standard InChI is InChI=1S/C24H20FN3O3/c25-19-11-13-20(14-12-19)26-21(29)16-28-23(30)22(18-9-5-2-6-10-18)27(24(28)31)15-17-7-3-1-4-8-17/h1-14,22H,15-16H2,(H,26,29). The Bertz CT molecular complexity index is 1090. The van der Waals surface area contributed by atoms with Crippen LogP contribution in [0.1, 0.15) is 17.2 Å². The average molecular weight is 417 g/mol. The summed E-state index contributed by atoms with van der Waals surface area (Å²) in [5.74, 6) is -1.42. The zero-order chi connectivity index (χ0) is 21.8. The average Bonchev–Trinajstić information content (AvgIpc) is 3.01. The molecular weight excluding hydrogens is 397 g/mol. The molecule has 7 heteroatoms. The van der Waals surface area contributed by atoms with Gasteiger partial charge in [0.15, 0.2) is 0 Å². The fourth-order valence-corrected chi connectivity index (χ4v) is 3.56. The first kappa shape index (κ1) is 20.3. The molecular formula is C24H20FN3O3. The molecule has 1 N–H and O–H groups in total. The molecule has 31 heavy (non-hydrogen) atoms. The number of carbonyl (C=O) groups is 3. The van der Waals surface area contributed by atoms with Gasteiger partial charge < -0.3 is 10.2 Å². The van der Waals surface area contributed by atoms with Crippen LogP contribution < -0.4 is 5.32 Å². The minimum Gasteiger partial charge on any atom is -0.325 e. The Morgan fingerprint density at radius 2 is 1.48 bits per heavy atom. The molecule has 3 aromatic rings. The topological polar surface area (TPSA) is 69.7 Å². The second kappa shape index (κ2) is 8.79. The molecule has 4 rings (SSSR count). The van der Waals surface area contributed by atoms with E-state index in [1.807, 2.05) is 36.4 Å². The normalized spacial score (nSPS) is 16.0. The molecule has 0 spiro atoms. The summed E-state index contributed by atoms with van der Waals surface area (Å²) in [5.41, 5.74) is 1.94. The van der Waals surface area contributed by atoms with E-state index in [1.165, 1.54) is 29.2 Å². The molecule has 1 fully saturated rings. The van der Waals surface area contributed by atoms with Gasteiger partial charge in [0.2, 0.25) is 5.91 Å². The van der Waals surface area contributed by atoms with Crippen molar-refractivity contribution in [1.29, 1.82) is 0 Å². The van der Waals surface area contributed by atoms with Gasteiger partial charge in [0, 0.05) is 12.2 Å². The van der Waals surface area contributed by atoms with Crippen molar-refractivity contribution in [3.63, 3.8) is 0 Å². The summed E-state index contributed by atoms with van der Waals surface area (Å²) >= 11 is 0. The Morgan fingerprint density at radius 1 is 0.871 bits per heavy atom. The predicted molar refractivity (Wildman–Crippen MR) is 113 cm³/mol. The second-order valence-electron chi connectivity index (χ2n) is 7.19. The van der Waals surface area contributed by atoms with Gasteiger partial charge in [-0.25, -0.2) is 9.18 Å². The number of hydrogen-bond acceptors (Lipinski definition) is 3. The quantitative estimate of drug-likeness (QED) is 0.617. The van der Waals surface area contributed by atoms with Crippen LogP contribution in [0.5, 0.6) is 0 Å². The van der Waals surface area contributed by atoms with E-state index in [1.54, 1.807) is 24.3 Å². The molecule has 0 aromatic heterocycles. The highest BCUT2D eigenvalue weighted by molar-refractivity contribution is 6.08. The molecule has 1 aliphatic rings. The van der Waals surface area contributed by atoms with E-state index in [2.05, 4.69) is 5.32 Å². The Labute approximate surface area is 178 Å². The summed E-state index contributed by atoms with van der Waals surface area (Å²) in [6.45, 7) is -0.190. The first-order valence-corrected chi connectivity index (χ1v) is 9.79. The maximum atomic E-state index is 13.2. The Morgan fingerprint density at radius 3 is 2.13 bits per heavy atom. The van der Waals surface area contributed by atoms with Crippen molar-refractivity contribution >= 4 is 23.5 Å². The highest BCUT2D eigenvalue weighted by Gasteiger charge is 2.46. The lowest BCUT2D eigenvalue weighted by atomic mass is 10.1. The molecule has 1 unspecified atom stereocenters. The lowest BCUT2D eigenvalue weighted by molar-refractivity contribution is -0.131. The largest absolute Gasteiger partial charge is 0.328 e. The summed E-state index contributed by atoms with van der Waals surface area (Å²) in [7, 11) is 0. The number of anilines is 1. The van der Waals surface area contributed by atoms with Gasteiger partial charge in [0.1, 0.15) is 18.4 Å². The summed E-state index contributed by atoms with van der Waals surface area (Å²) in [6, 6.07) is 22.3. The van der Waals surface area contributed by atoms with Crippen LogP contribution >= 0.6 is 0 Å². The first-order valence-electron chi connectivity index (χ1n) is 9.79. The summed E-state index contributed by atoms with van der Waals surface area (Å²) in [6.07, 6.45) is 0. The van der Waals surface area contributed by atoms with Crippen LogP contribution in [0, 0.1) is 5.82 Å². The molecule has 1 atom stereocenters. The maximum absolute atomic E-state index is 13.2. The SMILES string of the molecule is O=C(CN1C(=O)C(c2ccccc2)N(Cc2ccccc2)C1=O)Nc1ccc(F)cc1. The Kier molecular flexibility index (Phi) is 5.75. The fraction of sp³-hybridized carbons (Fsp3) is 0.125. The van der Waals surface area contributed by atoms with E-state index in [0.29, 0.717) is 11.3 Å². The van der Waals surface area contributed by atoms with Crippen LogP contribution in [-0.2, 0) is 16.1 Å². The van der Waals surface area contributed by atoms with Crippen LogP contribution in [0.25, 0.3) is 0 Å². The van der Waals surface area contributed by atoms with Gasteiger partial charge in [0.05, 0.1) is 0 Å². The van der Waals surface area contributed by atoms with E-state index in [4.69, 9.17) is 0 Å². The zero-order valence-electron chi connectivity index (χ0n) is 16.6. The predicted octanol–water partition coefficient (Wildman–Crippen LogP) is 3.97. The number of halogens is 1. The summed E-state index contributed by atoms with van der Waals surface area (Å²) in [4.78, 5) is 41.2. The van der Waals surface area contributed by atoms with Crippen molar-refractivity contribution in [2.24, 2.45) is 0 Å². The third kappa shape index (κ3) is 4.45. The van der Waals surface area contributed by atoms with Crippen molar-refractivity contribution in [2.75, 3.05) is 11.9 Å². The van der Waals surface area contributed by atoms with Gasteiger partial charge >= 0.3 is 6.03 Å². The molecule has 0 aliphatic carbocycles. The van der Waals surface area contributed by atoms with E-state index in [-0.39, 0.29) is 6.54 Å². The highest BCUT2D eigenvalue weighted by Crippen LogP contribution is 2.32. The van der Waals surface area contributed by atoms with Gasteiger partial charge in [-0.2, -0.15) is 0 Å². The molecule has 4 amide bonds. The van der Waals surface area contributed by atoms with Crippen molar-refractivity contribution in [1.82, 2.24) is 9.80 Å². The molecule has 3 aromatic carbocycles. The smallest absolute Gasteiger partial charge is 0.325 e. The van der Waals surface area contributed by atoms with Gasteiger partial charge in [-0.15, -0.1) is 0 Å². The van der Waals surface area contributed by atoms with Crippen LogP contribution in [0.3, 0.4) is 0 Å². The van der Waals surface area contributed by atoms with Crippen LogP contribution in [0.2, 0.25) is 0 Å². The molecule has 1 aliphatic heterocycles. The number of nitrogens with zero attached hydrogens (tertiary/aromatic N) is 2. The Balaban J connectivity index is 1.56. The van der Waals surface area contributed by atoms with Gasteiger partial charge in [-0.05, 0) is 35.4 Å². The van der Waals surface area contributed by atoms with Crippen molar-refractivity contribution in [3.05, 3.63) is 102 Å². The molecule has 156 valence electrons. The number of urea groups is 1. The number of benzene rings is 3. The van der Waals surface area contributed by atoms with Crippen molar-refractivity contribution < 1.29 is 18.8 Å². The minimum absolute atomic E-state index is 0.237. The third-order valence-corrected chi connectivity index (χ3v) is 5.03. The Hall–Kier alpha value is -4.00. The molecule has 0 saturated carbocycles. The van der Waals surface area contributed by atoms with Crippen LogP contribution in [-0.4, -0.2) is 34.2 Å². The highest BCUT2D eigenvalue weighted by atomic mass is 19.1. The number of amides is 4. The summed E-state index contributed by atoms with van der Waals surface area (Å²) < 4.78 is 13.1. The van der Waals surface area contributed by atoms with Crippen LogP contribution in [0.15, 0.2) is 84.9 Å². The van der Waals surface area contributed by atoms with Crippen molar-refractivity contribution in [3.8, 4) is 0 Å².